The molecule has 0 bridgehead atoms. The third-order valence-electron chi connectivity index (χ3n) is 8.48. The number of hydrogen-bond acceptors (Lipinski definition) is 4. The fraction of sp³-hybridized carbons (Fsp3) is 0.500. The van der Waals surface area contributed by atoms with Gasteiger partial charge in [0.25, 0.3) is 0 Å². The molecule has 0 spiro atoms. The summed E-state index contributed by atoms with van der Waals surface area (Å²) in [7, 11) is -0.891. The number of allylic oxidation sites excluding steroid dienone is 1. The van der Waals surface area contributed by atoms with E-state index in [1.54, 1.807) is 0 Å². The summed E-state index contributed by atoms with van der Waals surface area (Å²) in [6.45, 7) is 7.87. The molecule has 0 saturated heterocycles. The van der Waals surface area contributed by atoms with E-state index < -0.39 is 16.5 Å². The van der Waals surface area contributed by atoms with Gasteiger partial charge < -0.3 is 4.52 Å². The number of pyridine rings is 1. The molecule has 2 aliphatic rings. The van der Waals surface area contributed by atoms with Gasteiger partial charge in [0.1, 0.15) is 11.4 Å². The standard InChI is InChI=1S/C32H39FN2O2S/c1-5-38(36)23(4)25-11-13-26(14-12-25)29-17-24(19-32(33)15-7-6-8-16-32)9-10-27-18-28(20-34-31(27)29)30-21(2)35-37-22(30)3/h11-14,17-18,20,23-24H,5-10,15-16,19H2,1-4H3. The highest BCUT2D eigenvalue weighted by atomic mass is 32.2. The van der Waals surface area contributed by atoms with Crippen molar-refractivity contribution in [2.75, 3.05) is 5.75 Å². The number of fused-ring (bicyclic) bond motifs is 1. The van der Waals surface area contributed by atoms with Crippen molar-refractivity contribution in [3.8, 4) is 11.1 Å². The smallest absolute Gasteiger partial charge is 0.141 e. The highest BCUT2D eigenvalue weighted by molar-refractivity contribution is 7.85. The summed E-state index contributed by atoms with van der Waals surface area (Å²) in [4.78, 5) is 4.99. The van der Waals surface area contributed by atoms with E-state index in [0.29, 0.717) is 25.0 Å². The lowest BCUT2D eigenvalue weighted by molar-refractivity contribution is 0.0817. The van der Waals surface area contributed by atoms with Gasteiger partial charge in [0.2, 0.25) is 0 Å². The number of aryl methyl sites for hydroxylation is 3. The molecule has 0 radical (unpaired) electrons. The third-order valence-corrected chi connectivity index (χ3v) is 10.1. The number of alkyl halides is 1. The van der Waals surface area contributed by atoms with Crippen LogP contribution in [0.3, 0.4) is 0 Å². The van der Waals surface area contributed by atoms with E-state index in [0.717, 1.165) is 77.1 Å². The van der Waals surface area contributed by atoms with Crippen molar-refractivity contribution in [3.05, 3.63) is 76.4 Å². The maximum absolute atomic E-state index is 15.8. The van der Waals surface area contributed by atoms with Gasteiger partial charge in [-0.3, -0.25) is 9.19 Å². The average Bonchev–Trinajstić information content (AvgIpc) is 3.16. The highest BCUT2D eigenvalue weighted by Gasteiger charge is 2.35. The van der Waals surface area contributed by atoms with Crippen LogP contribution in [0.15, 0.2) is 47.1 Å². The molecule has 5 rings (SSSR count). The maximum Gasteiger partial charge on any atom is 0.141 e. The Balaban J connectivity index is 1.53. The summed E-state index contributed by atoms with van der Waals surface area (Å²) in [6, 6.07) is 10.6. The van der Waals surface area contributed by atoms with Crippen LogP contribution >= 0.6 is 0 Å². The molecule has 3 aromatic rings. The number of benzene rings is 1. The van der Waals surface area contributed by atoms with Crippen LogP contribution in [0.25, 0.3) is 16.7 Å². The number of hydrogen-bond donors (Lipinski definition) is 0. The van der Waals surface area contributed by atoms with E-state index in [2.05, 4.69) is 41.6 Å². The van der Waals surface area contributed by atoms with Crippen molar-refractivity contribution in [1.82, 2.24) is 10.1 Å². The first-order valence-electron chi connectivity index (χ1n) is 14.1. The summed E-state index contributed by atoms with van der Waals surface area (Å²) < 4.78 is 33.7. The van der Waals surface area contributed by atoms with Crippen molar-refractivity contribution in [1.29, 1.82) is 0 Å². The molecule has 2 aromatic heterocycles. The van der Waals surface area contributed by atoms with Gasteiger partial charge in [-0.1, -0.05) is 61.7 Å². The Kier molecular flexibility index (Phi) is 7.99. The average molecular weight is 535 g/mol. The molecule has 1 aromatic carbocycles. The fourth-order valence-corrected chi connectivity index (χ4v) is 7.26. The van der Waals surface area contributed by atoms with Crippen LogP contribution in [0.5, 0.6) is 0 Å². The van der Waals surface area contributed by atoms with Crippen LogP contribution in [0, 0.1) is 19.8 Å². The van der Waals surface area contributed by atoms with Gasteiger partial charge >= 0.3 is 0 Å². The third kappa shape index (κ3) is 5.56. The van der Waals surface area contributed by atoms with Gasteiger partial charge in [-0.25, -0.2) is 4.39 Å². The molecule has 1 fully saturated rings. The van der Waals surface area contributed by atoms with E-state index >= 15 is 4.39 Å². The fourth-order valence-electron chi connectivity index (χ4n) is 6.30. The van der Waals surface area contributed by atoms with E-state index in [1.165, 1.54) is 5.56 Å². The summed E-state index contributed by atoms with van der Waals surface area (Å²) in [5.74, 6) is 1.58. The first-order chi connectivity index (χ1) is 18.3. The Morgan fingerprint density at radius 2 is 1.87 bits per heavy atom. The van der Waals surface area contributed by atoms with Crippen molar-refractivity contribution in [2.45, 2.75) is 90.0 Å². The first-order valence-corrected chi connectivity index (χ1v) is 15.5. The molecular weight excluding hydrogens is 495 g/mol. The van der Waals surface area contributed by atoms with Gasteiger partial charge in [-0.05, 0) is 81.5 Å². The molecule has 1 saturated carbocycles. The predicted molar refractivity (Wildman–Crippen MR) is 153 cm³/mol. The molecular formula is C32H39FN2O2S. The molecule has 3 unspecified atom stereocenters. The Labute approximate surface area is 228 Å². The minimum absolute atomic E-state index is 0.00868. The Bertz CT molecular complexity index is 1320. The minimum Gasteiger partial charge on any atom is -0.361 e. The zero-order chi connectivity index (χ0) is 26.9. The Hall–Kier alpha value is -2.60. The van der Waals surface area contributed by atoms with Gasteiger partial charge in [0.15, 0.2) is 0 Å². The molecule has 0 amide bonds. The lowest BCUT2D eigenvalue weighted by Gasteiger charge is -2.32. The summed E-state index contributed by atoms with van der Waals surface area (Å²) in [6.07, 6.45) is 11.0. The molecule has 2 heterocycles. The first kappa shape index (κ1) is 27.0. The molecule has 0 aliphatic heterocycles. The molecule has 6 heteroatoms. The molecule has 0 N–H and O–H groups in total. The van der Waals surface area contributed by atoms with E-state index in [9.17, 15) is 4.21 Å². The lowest BCUT2D eigenvalue weighted by Crippen LogP contribution is -2.28. The predicted octanol–water partition coefficient (Wildman–Crippen LogP) is 8.24. The van der Waals surface area contributed by atoms with Crippen LogP contribution in [-0.4, -0.2) is 25.8 Å². The van der Waals surface area contributed by atoms with Crippen molar-refractivity contribution in [3.63, 3.8) is 0 Å². The van der Waals surface area contributed by atoms with E-state index in [-0.39, 0.29) is 11.2 Å². The van der Waals surface area contributed by atoms with E-state index in [1.807, 2.05) is 33.9 Å². The number of aromatic nitrogens is 2. The Morgan fingerprint density at radius 1 is 1.13 bits per heavy atom. The zero-order valence-corrected chi connectivity index (χ0v) is 23.9. The SMILES string of the molecule is CCS(=O)C(C)c1ccc(C2=CC(CC3(F)CCCCC3)CCc3cc(-c4c(C)noc4C)cnc32)cc1. The number of rotatable bonds is 7. The summed E-state index contributed by atoms with van der Waals surface area (Å²) in [5, 5.41) is 4.13. The zero-order valence-electron chi connectivity index (χ0n) is 23.1. The molecule has 3 atom stereocenters. The Morgan fingerprint density at radius 3 is 2.53 bits per heavy atom. The summed E-state index contributed by atoms with van der Waals surface area (Å²) >= 11 is 0. The number of halogens is 1. The monoisotopic (exact) mass is 534 g/mol. The molecule has 4 nitrogen and oxygen atoms in total. The second-order valence-corrected chi connectivity index (χ2v) is 13.2. The van der Waals surface area contributed by atoms with Crippen LogP contribution in [-0.2, 0) is 17.2 Å². The van der Waals surface area contributed by atoms with Crippen LogP contribution in [0.4, 0.5) is 4.39 Å². The van der Waals surface area contributed by atoms with Gasteiger partial charge in [-0.2, -0.15) is 0 Å². The van der Waals surface area contributed by atoms with Crippen LogP contribution < -0.4 is 0 Å². The topological polar surface area (TPSA) is 56.0 Å². The van der Waals surface area contributed by atoms with Gasteiger partial charge in [0, 0.05) is 39.4 Å². The normalized spacial score (nSPS) is 20.8. The van der Waals surface area contributed by atoms with Crippen molar-refractivity contribution >= 4 is 16.4 Å². The molecule has 202 valence electrons. The van der Waals surface area contributed by atoms with Gasteiger partial charge in [0.05, 0.1) is 16.6 Å². The summed E-state index contributed by atoms with van der Waals surface area (Å²) in [5.41, 5.74) is 7.17. The van der Waals surface area contributed by atoms with Crippen LogP contribution in [0.1, 0.15) is 97.9 Å². The largest absolute Gasteiger partial charge is 0.361 e. The second kappa shape index (κ2) is 11.3. The van der Waals surface area contributed by atoms with Crippen molar-refractivity contribution < 1.29 is 13.1 Å². The second-order valence-electron chi connectivity index (χ2n) is 11.2. The van der Waals surface area contributed by atoms with E-state index in [4.69, 9.17) is 9.51 Å². The van der Waals surface area contributed by atoms with Gasteiger partial charge in [-0.15, -0.1) is 0 Å². The highest BCUT2D eigenvalue weighted by Crippen LogP contribution is 2.42. The van der Waals surface area contributed by atoms with Crippen LogP contribution in [0.2, 0.25) is 0 Å². The minimum atomic E-state index is -1.07. The molecule has 2 aliphatic carbocycles. The molecule has 38 heavy (non-hydrogen) atoms. The maximum atomic E-state index is 15.8. The van der Waals surface area contributed by atoms with Crippen molar-refractivity contribution in [2.24, 2.45) is 5.92 Å². The number of nitrogens with zero attached hydrogens (tertiary/aromatic N) is 2. The quantitative estimate of drug-likeness (QED) is 0.306. The lowest BCUT2D eigenvalue weighted by atomic mass is 9.78.